The van der Waals surface area contributed by atoms with Gasteiger partial charge in [0, 0.05) is 6.07 Å². The van der Waals surface area contributed by atoms with E-state index < -0.39 is 11.6 Å². The smallest absolute Gasteiger partial charge is 0.173 e. The molecule has 1 heterocycles. The average molecular weight is 239 g/mol. The lowest BCUT2D eigenvalue weighted by Crippen LogP contribution is -2.17. The quantitative estimate of drug-likeness (QED) is 0.875. The van der Waals surface area contributed by atoms with Gasteiger partial charge in [-0.1, -0.05) is 0 Å². The predicted molar refractivity (Wildman–Crippen MR) is 56.5 cm³/mol. The molecule has 0 fully saturated rings. The number of tetrazole rings is 1. The highest BCUT2D eigenvalue weighted by atomic mass is 19.2. The lowest BCUT2D eigenvalue weighted by molar-refractivity contribution is 0.506. The van der Waals surface area contributed by atoms with Gasteiger partial charge >= 0.3 is 0 Å². The van der Waals surface area contributed by atoms with Crippen molar-refractivity contribution in [2.24, 2.45) is 0 Å². The summed E-state index contributed by atoms with van der Waals surface area (Å²) in [5, 5.41) is 14.1. The predicted octanol–water partition coefficient (Wildman–Crippen LogP) is 1.22. The number of halogens is 2. The minimum atomic E-state index is -0.930. The van der Waals surface area contributed by atoms with E-state index in [1.54, 1.807) is 7.05 Å². The maximum Gasteiger partial charge on any atom is 0.173 e. The van der Waals surface area contributed by atoms with Gasteiger partial charge in [-0.05, 0) is 36.5 Å². The van der Waals surface area contributed by atoms with Crippen molar-refractivity contribution in [1.29, 1.82) is 0 Å². The first-order valence-electron chi connectivity index (χ1n) is 5.04. The fourth-order valence-electron chi connectivity index (χ4n) is 1.39. The number of hydrogen-bond acceptors (Lipinski definition) is 4. The molecular formula is C10H11F2N5. The lowest BCUT2D eigenvalue weighted by atomic mass is 10.2. The first kappa shape index (κ1) is 11.6. The monoisotopic (exact) mass is 239 g/mol. The number of aromatic nitrogens is 4. The molecule has 1 N–H and O–H groups in total. The van der Waals surface area contributed by atoms with Crippen LogP contribution in [0.1, 0.15) is 18.8 Å². The molecule has 0 spiro atoms. The standard InChI is InChI=1S/C10H11F2N5/c1-6(13-2)10-14-15-16-17(10)7-3-4-8(11)9(12)5-7/h3-6,13H,1-2H3. The summed E-state index contributed by atoms with van der Waals surface area (Å²) in [6.45, 7) is 1.86. The maximum absolute atomic E-state index is 13.1. The molecule has 0 radical (unpaired) electrons. The average Bonchev–Trinajstić information content (AvgIpc) is 2.80. The largest absolute Gasteiger partial charge is 0.311 e. The first-order chi connectivity index (χ1) is 8.13. The van der Waals surface area contributed by atoms with E-state index >= 15 is 0 Å². The highest BCUT2D eigenvalue weighted by Gasteiger charge is 2.15. The molecule has 0 saturated heterocycles. The zero-order chi connectivity index (χ0) is 12.4. The zero-order valence-electron chi connectivity index (χ0n) is 9.35. The summed E-state index contributed by atoms with van der Waals surface area (Å²) in [7, 11) is 1.76. The third-order valence-electron chi connectivity index (χ3n) is 2.46. The van der Waals surface area contributed by atoms with Gasteiger partial charge in [0.05, 0.1) is 11.7 Å². The highest BCUT2D eigenvalue weighted by molar-refractivity contribution is 5.32. The Balaban J connectivity index is 2.46. The van der Waals surface area contributed by atoms with Gasteiger partial charge in [-0.25, -0.2) is 8.78 Å². The van der Waals surface area contributed by atoms with Gasteiger partial charge in [-0.2, -0.15) is 4.68 Å². The third kappa shape index (κ3) is 2.14. The number of hydrogen-bond donors (Lipinski definition) is 1. The maximum atomic E-state index is 13.1. The lowest BCUT2D eigenvalue weighted by Gasteiger charge is -2.10. The topological polar surface area (TPSA) is 55.6 Å². The van der Waals surface area contributed by atoms with Crippen LogP contribution in [-0.2, 0) is 0 Å². The fourth-order valence-corrected chi connectivity index (χ4v) is 1.39. The summed E-state index contributed by atoms with van der Waals surface area (Å²) < 4.78 is 27.3. The molecule has 90 valence electrons. The number of nitrogens with one attached hydrogen (secondary N) is 1. The van der Waals surface area contributed by atoms with E-state index in [1.165, 1.54) is 10.7 Å². The van der Waals surface area contributed by atoms with Gasteiger partial charge in [0.1, 0.15) is 0 Å². The van der Waals surface area contributed by atoms with Crippen molar-refractivity contribution in [2.75, 3.05) is 7.05 Å². The summed E-state index contributed by atoms with van der Waals surface area (Å²) in [4.78, 5) is 0. The van der Waals surface area contributed by atoms with Gasteiger partial charge in [0.25, 0.3) is 0 Å². The number of benzene rings is 1. The van der Waals surface area contributed by atoms with Gasteiger partial charge in [0.2, 0.25) is 0 Å². The molecular weight excluding hydrogens is 228 g/mol. The molecule has 1 aromatic carbocycles. The van der Waals surface area contributed by atoms with E-state index in [-0.39, 0.29) is 6.04 Å². The Bertz CT molecular complexity index is 525. The Morgan fingerprint density at radius 3 is 2.71 bits per heavy atom. The van der Waals surface area contributed by atoms with Crippen molar-refractivity contribution in [3.05, 3.63) is 35.7 Å². The second-order valence-electron chi connectivity index (χ2n) is 3.56. The van der Waals surface area contributed by atoms with Crippen LogP contribution < -0.4 is 5.32 Å². The second kappa shape index (κ2) is 4.54. The van der Waals surface area contributed by atoms with Gasteiger partial charge in [0.15, 0.2) is 17.5 Å². The molecule has 2 rings (SSSR count). The molecule has 0 aliphatic rings. The zero-order valence-corrected chi connectivity index (χ0v) is 9.35. The molecule has 0 saturated carbocycles. The molecule has 0 aliphatic heterocycles. The van der Waals surface area contributed by atoms with Crippen LogP contribution in [0.15, 0.2) is 18.2 Å². The van der Waals surface area contributed by atoms with E-state index in [1.807, 2.05) is 6.92 Å². The van der Waals surface area contributed by atoms with E-state index in [0.717, 1.165) is 12.1 Å². The van der Waals surface area contributed by atoms with Crippen molar-refractivity contribution in [3.8, 4) is 5.69 Å². The van der Waals surface area contributed by atoms with Crippen LogP contribution >= 0.6 is 0 Å². The van der Waals surface area contributed by atoms with Gasteiger partial charge in [-0.3, -0.25) is 0 Å². The van der Waals surface area contributed by atoms with Crippen LogP contribution in [0.2, 0.25) is 0 Å². The van der Waals surface area contributed by atoms with E-state index in [4.69, 9.17) is 0 Å². The third-order valence-corrected chi connectivity index (χ3v) is 2.46. The molecule has 1 unspecified atom stereocenters. The summed E-state index contributed by atoms with van der Waals surface area (Å²) in [5.41, 5.74) is 0.381. The van der Waals surface area contributed by atoms with Crippen molar-refractivity contribution in [2.45, 2.75) is 13.0 Å². The molecule has 0 aliphatic carbocycles. The molecule has 17 heavy (non-hydrogen) atoms. The number of rotatable bonds is 3. The summed E-state index contributed by atoms with van der Waals surface area (Å²) in [5.74, 6) is -1.30. The van der Waals surface area contributed by atoms with Crippen molar-refractivity contribution in [3.63, 3.8) is 0 Å². The SMILES string of the molecule is CNC(C)c1nnnn1-c1ccc(F)c(F)c1. The molecule has 1 atom stereocenters. The molecule has 0 amide bonds. The Morgan fingerprint density at radius 2 is 2.06 bits per heavy atom. The fraction of sp³-hybridized carbons (Fsp3) is 0.300. The van der Waals surface area contributed by atoms with E-state index in [9.17, 15) is 8.78 Å². The van der Waals surface area contributed by atoms with Crippen LogP contribution in [0.3, 0.4) is 0 Å². The summed E-state index contributed by atoms with van der Waals surface area (Å²) in [6.07, 6.45) is 0. The normalized spacial score (nSPS) is 12.7. The highest BCUT2D eigenvalue weighted by Crippen LogP contribution is 2.16. The van der Waals surface area contributed by atoms with E-state index in [2.05, 4.69) is 20.8 Å². The number of nitrogens with zero attached hydrogens (tertiary/aromatic N) is 4. The second-order valence-corrected chi connectivity index (χ2v) is 3.56. The summed E-state index contributed by atoms with van der Waals surface area (Å²) in [6, 6.07) is 3.41. The Kier molecular flexibility index (Phi) is 3.10. The van der Waals surface area contributed by atoms with Crippen LogP contribution in [0.25, 0.3) is 5.69 Å². The Morgan fingerprint density at radius 1 is 1.29 bits per heavy atom. The van der Waals surface area contributed by atoms with Crippen LogP contribution in [0.4, 0.5) is 8.78 Å². The van der Waals surface area contributed by atoms with Gasteiger partial charge in [-0.15, -0.1) is 5.10 Å². The van der Waals surface area contributed by atoms with Crippen LogP contribution in [0.5, 0.6) is 0 Å². The molecule has 0 bridgehead atoms. The first-order valence-corrected chi connectivity index (χ1v) is 5.04. The van der Waals surface area contributed by atoms with Crippen molar-refractivity contribution in [1.82, 2.24) is 25.5 Å². The minimum absolute atomic E-state index is 0.0990. The van der Waals surface area contributed by atoms with Crippen molar-refractivity contribution >= 4 is 0 Å². The Labute approximate surface area is 96.4 Å². The molecule has 2 aromatic rings. The summed E-state index contributed by atoms with van der Waals surface area (Å²) >= 11 is 0. The molecule has 1 aromatic heterocycles. The minimum Gasteiger partial charge on any atom is -0.311 e. The molecule has 7 heteroatoms. The van der Waals surface area contributed by atoms with Crippen LogP contribution in [-0.4, -0.2) is 27.3 Å². The van der Waals surface area contributed by atoms with E-state index in [0.29, 0.717) is 11.5 Å². The molecule has 5 nitrogen and oxygen atoms in total. The van der Waals surface area contributed by atoms with Crippen LogP contribution in [0, 0.1) is 11.6 Å². The Hall–Kier alpha value is -1.89. The van der Waals surface area contributed by atoms with Gasteiger partial charge < -0.3 is 5.32 Å². The van der Waals surface area contributed by atoms with Crippen molar-refractivity contribution < 1.29 is 8.78 Å².